The Hall–Kier alpha value is 0. The van der Waals surface area contributed by atoms with Crippen LogP contribution in [0.5, 0.6) is 0 Å². The van der Waals surface area contributed by atoms with Crippen molar-refractivity contribution in [2.45, 2.75) is 90.4 Å². The van der Waals surface area contributed by atoms with E-state index in [-0.39, 0.29) is 0 Å². The third-order valence-corrected chi connectivity index (χ3v) is 8.16. The van der Waals surface area contributed by atoms with Crippen LogP contribution in [0.25, 0.3) is 0 Å². The molecule has 0 aromatic carbocycles. The van der Waals surface area contributed by atoms with Crippen molar-refractivity contribution in [1.82, 2.24) is 0 Å². The Morgan fingerprint density at radius 1 is 0.429 bits per heavy atom. The molecule has 21 heavy (non-hydrogen) atoms. The van der Waals surface area contributed by atoms with E-state index >= 15 is 0 Å². The molecule has 0 heterocycles. The molecule has 4 aliphatic rings. The highest BCUT2D eigenvalue weighted by atomic mass is 14.5. The Kier molecular flexibility index (Phi) is 4.34. The first-order valence-corrected chi connectivity index (χ1v) is 10.3. The van der Waals surface area contributed by atoms with Crippen molar-refractivity contribution in [3.8, 4) is 0 Å². The maximum atomic E-state index is 2.49. The first-order valence-electron chi connectivity index (χ1n) is 10.3. The highest BCUT2D eigenvalue weighted by Crippen LogP contribution is 2.51. The molecule has 4 fully saturated rings. The van der Waals surface area contributed by atoms with Gasteiger partial charge in [0.15, 0.2) is 0 Å². The molecule has 0 saturated heterocycles. The van der Waals surface area contributed by atoms with Crippen molar-refractivity contribution in [2.24, 2.45) is 41.4 Å². The molecule has 7 atom stereocenters. The predicted octanol–water partition coefficient (Wildman–Crippen LogP) is 6.45. The molecule has 0 nitrogen and oxygen atoms in total. The summed E-state index contributed by atoms with van der Waals surface area (Å²) in [6, 6.07) is 0. The average molecular weight is 289 g/mol. The van der Waals surface area contributed by atoms with Gasteiger partial charge in [0.05, 0.1) is 0 Å². The quantitative estimate of drug-likeness (QED) is 0.520. The molecule has 0 bridgehead atoms. The third-order valence-electron chi connectivity index (χ3n) is 8.16. The first-order chi connectivity index (χ1) is 10.3. The van der Waals surface area contributed by atoms with Crippen molar-refractivity contribution in [3.63, 3.8) is 0 Å². The topological polar surface area (TPSA) is 0 Å². The molecule has 7 unspecified atom stereocenters. The normalized spacial score (nSPS) is 51.0. The Balaban J connectivity index is 1.35. The lowest BCUT2D eigenvalue weighted by Gasteiger charge is -2.47. The molecule has 0 aliphatic heterocycles. The Morgan fingerprint density at radius 2 is 0.857 bits per heavy atom. The van der Waals surface area contributed by atoms with Crippen LogP contribution < -0.4 is 0 Å². The van der Waals surface area contributed by atoms with E-state index in [1.165, 1.54) is 12.8 Å². The second-order valence-corrected chi connectivity index (χ2v) is 9.39. The fraction of sp³-hybridized carbons (Fsp3) is 1.00. The van der Waals surface area contributed by atoms with Crippen LogP contribution in [0.2, 0.25) is 0 Å². The minimum Gasteiger partial charge on any atom is -0.0625 e. The lowest BCUT2D eigenvalue weighted by atomic mass is 9.59. The Bertz CT molecular complexity index is 346. The molecule has 0 N–H and O–H groups in total. The van der Waals surface area contributed by atoms with E-state index in [4.69, 9.17) is 0 Å². The van der Waals surface area contributed by atoms with Crippen LogP contribution in [-0.4, -0.2) is 0 Å². The van der Waals surface area contributed by atoms with Gasteiger partial charge in [0, 0.05) is 0 Å². The molecule has 0 aromatic heterocycles. The molecule has 4 aliphatic carbocycles. The second kappa shape index (κ2) is 6.25. The monoisotopic (exact) mass is 288 g/mol. The molecule has 0 heteroatoms. The molecular weight excluding hydrogens is 252 g/mol. The second-order valence-electron chi connectivity index (χ2n) is 9.39. The van der Waals surface area contributed by atoms with E-state index < -0.39 is 0 Å². The largest absolute Gasteiger partial charge is 0.0625 e. The predicted molar refractivity (Wildman–Crippen MR) is 90.1 cm³/mol. The van der Waals surface area contributed by atoms with Gasteiger partial charge in [0.1, 0.15) is 0 Å². The van der Waals surface area contributed by atoms with E-state index in [2.05, 4.69) is 6.92 Å². The van der Waals surface area contributed by atoms with Gasteiger partial charge in [-0.2, -0.15) is 0 Å². The van der Waals surface area contributed by atoms with Gasteiger partial charge in [0.25, 0.3) is 0 Å². The molecule has 4 saturated carbocycles. The van der Waals surface area contributed by atoms with Crippen molar-refractivity contribution in [3.05, 3.63) is 0 Å². The lowest BCUT2D eigenvalue weighted by molar-refractivity contribution is 0.0389. The van der Waals surface area contributed by atoms with Crippen LogP contribution in [0.3, 0.4) is 0 Å². The minimum absolute atomic E-state index is 1.03. The summed E-state index contributed by atoms with van der Waals surface area (Å²) in [6.07, 6.45) is 20.5. The third kappa shape index (κ3) is 3.06. The highest BCUT2D eigenvalue weighted by molar-refractivity contribution is 4.91. The van der Waals surface area contributed by atoms with Gasteiger partial charge in [-0.05, 0) is 92.8 Å². The number of hydrogen-bond acceptors (Lipinski definition) is 0. The number of fused-ring (bicyclic) bond motifs is 2. The molecule has 0 amide bonds. The van der Waals surface area contributed by atoms with Crippen LogP contribution in [-0.2, 0) is 0 Å². The van der Waals surface area contributed by atoms with Gasteiger partial charge < -0.3 is 0 Å². The zero-order chi connectivity index (χ0) is 14.2. The summed E-state index contributed by atoms with van der Waals surface area (Å²) in [6.45, 7) is 2.49. The fourth-order valence-electron chi connectivity index (χ4n) is 6.93. The van der Waals surface area contributed by atoms with Gasteiger partial charge in [-0.15, -0.1) is 0 Å². The maximum Gasteiger partial charge on any atom is -0.0383 e. The fourth-order valence-corrected chi connectivity index (χ4v) is 6.93. The van der Waals surface area contributed by atoms with Crippen LogP contribution in [0.4, 0.5) is 0 Å². The van der Waals surface area contributed by atoms with E-state index in [1.54, 1.807) is 70.6 Å². The zero-order valence-electron chi connectivity index (χ0n) is 14.2. The van der Waals surface area contributed by atoms with E-state index in [1.807, 2.05) is 0 Å². The molecule has 4 rings (SSSR count). The molecule has 120 valence electrons. The van der Waals surface area contributed by atoms with Crippen LogP contribution in [0.15, 0.2) is 0 Å². The van der Waals surface area contributed by atoms with Gasteiger partial charge in [-0.3, -0.25) is 0 Å². The van der Waals surface area contributed by atoms with Crippen molar-refractivity contribution >= 4 is 0 Å². The molecular formula is C21H36. The summed E-state index contributed by atoms with van der Waals surface area (Å²) >= 11 is 0. The smallest absolute Gasteiger partial charge is 0.0383 e. The summed E-state index contributed by atoms with van der Waals surface area (Å²) in [4.78, 5) is 0. The maximum absolute atomic E-state index is 2.49. The Morgan fingerprint density at radius 3 is 1.52 bits per heavy atom. The summed E-state index contributed by atoms with van der Waals surface area (Å²) < 4.78 is 0. The SMILES string of the molecule is CC1CCC2CC(C3CCC4CCCCC4C3)CCC2C1. The minimum atomic E-state index is 1.03. The lowest BCUT2D eigenvalue weighted by Crippen LogP contribution is -2.36. The number of hydrogen-bond donors (Lipinski definition) is 0. The highest BCUT2D eigenvalue weighted by Gasteiger charge is 2.40. The Labute approximate surface area is 132 Å². The van der Waals surface area contributed by atoms with Gasteiger partial charge in [0.2, 0.25) is 0 Å². The van der Waals surface area contributed by atoms with Crippen LogP contribution >= 0.6 is 0 Å². The van der Waals surface area contributed by atoms with Crippen LogP contribution in [0.1, 0.15) is 90.4 Å². The average Bonchev–Trinajstić information content (AvgIpc) is 2.54. The van der Waals surface area contributed by atoms with Crippen molar-refractivity contribution in [1.29, 1.82) is 0 Å². The molecule has 0 aromatic rings. The summed E-state index contributed by atoms with van der Waals surface area (Å²) in [5, 5.41) is 0. The first kappa shape index (κ1) is 14.6. The van der Waals surface area contributed by atoms with Gasteiger partial charge in [-0.25, -0.2) is 0 Å². The zero-order valence-corrected chi connectivity index (χ0v) is 14.2. The summed E-state index contributed by atoms with van der Waals surface area (Å²) in [5.41, 5.74) is 0. The van der Waals surface area contributed by atoms with Crippen LogP contribution in [0, 0.1) is 41.4 Å². The number of rotatable bonds is 1. The summed E-state index contributed by atoms with van der Waals surface area (Å²) in [5.74, 6) is 7.82. The standard InChI is InChI=1S/C21H36/c1-15-6-7-19-14-21(11-10-18(19)12-15)20-9-8-16-4-2-3-5-17(16)13-20/h15-21H,2-14H2,1H3. The van der Waals surface area contributed by atoms with E-state index in [0.29, 0.717) is 0 Å². The summed E-state index contributed by atoms with van der Waals surface area (Å²) in [7, 11) is 0. The van der Waals surface area contributed by atoms with Crippen molar-refractivity contribution < 1.29 is 0 Å². The van der Waals surface area contributed by atoms with Gasteiger partial charge >= 0.3 is 0 Å². The molecule has 0 radical (unpaired) electrons. The van der Waals surface area contributed by atoms with Gasteiger partial charge in [-0.1, -0.05) is 39.0 Å². The van der Waals surface area contributed by atoms with Crippen molar-refractivity contribution in [2.75, 3.05) is 0 Å². The molecule has 0 spiro atoms. The van der Waals surface area contributed by atoms with E-state index in [9.17, 15) is 0 Å². The van der Waals surface area contributed by atoms with E-state index in [0.717, 1.165) is 41.4 Å².